The minimum absolute atomic E-state index is 0.551. The number of aromatic nitrogens is 1. The van der Waals surface area contributed by atoms with Gasteiger partial charge in [0.1, 0.15) is 22.2 Å². The van der Waals surface area contributed by atoms with Crippen LogP contribution in [0.25, 0.3) is 0 Å². The van der Waals surface area contributed by atoms with Crippen LogP contribution in [0.5, 0.6) is 0 Å². The average molecular weight is 347 g/mol. The summed E-state index contributed by atoms with van der Waals surface area (Å²) < 4.78 is 5.43. The third-order valence-electron chi connectivity index (χ3n) is 4.52. The molecule has 0 amide bonds. The van der Waals surface area contributed by atoms with Gasteiger partial charge in [0.25, 0.3) is 0 Å². The van der Waals surface area contributed by atoms with E-state index in [1.807, 2.05) is 0 Å². The van der Waals surface area contributed by atoms with E-state index in [0.29, 0.717) is 23.8 Å². The molecule has 1 aromatic rings. The SMILES string of the molecule is C[C@H](Sc1nc(N2CCOCC2)c2c(c1C#N)CCCC2)C(=O)O. The highest BCUT2D eigenvalue weighted by Gasteiger charge is 2.27. The number of carbonyl (C=O) groups is 1. The number of hydrogen-bond donors (Lipinski definition) is 1. The fourth-order valence-corrected chi connectivity index (χ4v) is 4.09. The lowest BCUT2D eigenvalue weighted by Gasteiger charge is -2.32. The van der Waals surface area contributed by atoms with Crippen LogP contribution >= 0.6 is 11.8 Å². The lowest BCUT2D eigenvalue weighted by Crippen LogP contribution is -2.38. The van der Waals surface area contributed by atoms with E-state index in [1.165, 1.54) is 5.56 Å². The summed E-state index contributed by atoms with van der Waals surface area (Å²) in [4.78, 5) is 18.2. The van der Waals surface area contributed by atoms with Crippen molar-refractivity contribution in [2.45, 2.75) is 42.9 Å². The summed E-state index contributed by atoms with van der Waals surface area (Å²) in [6, 6.07) is 2.28. The second-order valence-corrected chi connectivity index (χ2v) is 7.42. The minimum atomic E-state index is -0.892. The number of nitrogens with zero attached hydrogens (tertiary/aromatic N) is 3. The Morgan fingerprint density at radius 2 is 2.00 bits per heavy atom. The van der Waals surface area contributed by atoms with Gasteiger partial charge in [-0.1, -0.05) is 11.8 Å². The number of anilines is 1. The Morgan fingerprint density at radius 3 is 2.62 bits per heavy atom. The number of carboxylic acids is 1. The van der Waals surface area contributed by atoms with Gasteiger partial charge in [-0.2, -0.15) is 5.26 Å². The molecule has 1 aliphatic heterocycles. The Hall–Kier alpha value is -1.78. The summed E-state index contributed by atoms with van der Waals surface area (Å²) in [5.41, 5.74) is 2.81. The maximum absolute atomic E-state index is 11.2. The molecule has 2 heterocycles. The summed E-state index contributed by atoms with van der Waals surface area (Å²) in [7, 11) is 0. The van der Waals surface area contributed by atoms with Crippen molar-refractivity contribution in [2.75, 3.05) is 31.2 Å². The number of aliphatic carboxylic acids is 1. The summed E-state index contributed by atoms with van der Waals surface area (Å²) in [5.74, 6) is 0.0309. The van der Waals surface area contributed by atoms with E-state index in [4.69, 9.17) is 9.72 Å². The predicted molar refractivity (Wildman–Crippen MR) is 91.6 cm³/mol. The number of pyridine rings is 1. The largest absolute Gasteiger partial charge is 0.480 e. The highest BCUT2D eigenvalue weighted by molar-refractivity contribution is 8.00. The van der Waals surface area contributed by atoms with Gasteiger partial charge in [-0.25, -0.2) is 4.98 Å². The van der Waals surface area contributed by atoms with Gasteiger partial charge in [-0.05, 0) is 43.7 Å². The van der Waals surface area contributed by atoms with E-state index in [1.54, 1.807) is 6.92 Å². The molecule has 1 atom stereocenters. The van der Waals surface area contributed by atoms with Crippen LogP contribution < -0.4 is 4.90 Å². The van der Waals surface area contributed by atoms with Gasteiger partial charge in [-0.3, -0.25) is 4.79 Å². The topological polar surface area (TPSA) is 86.5 Å². The molecule has 1 fully saturated rings. The van der Waals surface area contributed by atoms with Crippen molar-refractivity contribution in [1.82, 2.24) is 4.98 Å². The predicted octanol–water partition coefficient (Wildman–Crippen LogP) is 2.23. The zero-order valence-electron chi connectivity index (χ0n) is 13.7. The molecule has 0 bridgehead atoms. The molecule has 2 aliphatic rings. The van der Waals surface area contributed by atoms with Gasteiger partial charge >= 0.3 is 5.97 Å². The summed E-state index contributed by atoms with van der Waals surface area (Å²) in [6.07, 6.45) is 3.97. The Bertz CT molecular complexity index is 681. The average Bonchev–Trinajstić information content (AvgIpc) is 2.61. The van der Waals surface area contributed by atoms with Gasteiger partial charge in [0.2, 0.25) is 0 Å². The van der Waals surface area contributed by atoms with Crippen LogP contribution in [0, 0.1) is 11.3 Å². The van der Waals surface area contributed by atoms with Gasteiger partial charge in [0, 0.05) is 13.1 Å². The fourth-order valence-electron chi connectivity index (χ4n) is 3.23. The molecule has 0 radical (unpaired) electrons. The maximum atomic E-state index is 11.2. The van der Waals surface area contributed by atoms with Gasteiger partial charge in [0.05, 0.1) is 18.8 Å². The molecule has 0 aromatic carbocycles. The van der Waals surface area contributed by atoms with Crippen molar-refractivity contribution in [3.05, 3.63) is 16.7 Å². The highest BCUT2D eigenvalue weighted by Crippen LogP contribution is 2.37. The summed E-state index contributed by atoms with van der Waals surface area (Å²) in [6.45, 7) is 4.53. The Balaban J connectivity index is 2.07. The lowest BCUT2D eigenvalue weighted by molar-refractivity contribution is -0.136. The fraction of sp³-hybridized carbons (Fsp3) is 0.588. The van der Waals surface area contributed by atoms with Crippen LogP contribution in [0.15, 0.2) is 5.03 Å². The monoisotopic (exact) mass is 347 g/mol. The third kappa shape index (κ3) is 3.35. The number of thioether (sulfide) groups is 1. The molecule has 0 unspecified atom stereocenters. The molecule has 1 aromatic heterocycles. The van der Waals surface area contributed by atoms with Gasteiger partial charge in [0.15, 0.2) is 0 Å². The number of morpholine rings is 1. The first kappa shape index (κ1) is 17.1. The molecular formula is C17H21N3O3S. The van der Waals surface area contributed by atoms with E-state index in [9.17, 15) is 15.2 Å². The molecule has 3 rings (SSSR count). The molecule has 6 nitrogen and oxygen atoms in total. The van der Waals surface area contributed by atoms with Crippen molar-refractivity contribution in [1.29, 1.82) is 5.26 Å². The van der Waals surface area contributed by atoms with Crippen LogP contribution in [0.2, 0.25) is 0 Å². The quantitative estimate of drug-likeness (QED) is 0.836. The number of ether oxygens (including phenoxy) is 1. The molecule has 128 valence electrons. The number of rotatable bonds is 4. The van der Waals surface area contributed by atoms with E-state index >= 15 is 0 Å². The van der Waals surface area contributed by atoms with Crippen LogP contribution in [-0.2, 0) is 22.4 Å². The summed E-state index contributed by atoms with van der Waals surface area (Å²) in [5, 5.41) is 18.8. The second-order valence-electron chi connectivity index (χ2n) is 6.09. The van der Waals surface area contributed by atoms with Crippen molar-refractivity contribution in [3.63, 3.8) is 0 Å². The highest BCUT2D eigenvalue weighted by atomic mass is 32.2. The van der Waals surface area contributed by atoms with Crippen LogP contribution in [0.3, 0.4) is 0 Å². The van der Waals surface area contributed by atoms with E-state index in [0.717, 1.165) is 61.9 Å². The van der Waals surface area contributed by atoms with Gasteiger partial charge < -0.3 is 14.7 Å². The number of hydrogen-bond acceptors (Lipinski definition) is 6. The minimum Gasteiger partial charge on any atom is -0.480 e. The smallest absolute Gasteiger partial charge is 0.316 e. The molecule has 0 saturated carbocycles. The second kappa shape index (κ2) is 7.41. The maximum Gasteiger partial charge on any atom is 0.316 e. The standard InChI is InChI=1S/C17H21N3O3S/c1-11(17(21)22)24-16-14(10-18)12-4-2-3-5-13(12)15(19-16)20-6-8-23-9-7-20/h11H,2-9H2,1H3,(H,21,22)/t11-/m0/s1. The van der Waals surface area contributed by atoms with E-state index in [-0.39, 0.29) is 0 Å². The molecular weight excluding hydrogens is 326 g/mol. The van der Waals surface area contributed by atoms with Crippen LogP contribution in [-0.4, -0.2) is 47.6 Å². The third-order valence-corrected chi connectivity index (χ3v) is 5.59. The van der Waals surface area contributed by atoms with Crippen molar-refractivity contribution >= 4 is 23.5 Å². The van der Waals surface area contributed by atoms with E-state index in [2.05, 4.69) is 11.0 Å². The first-order chi connectivity index (χ1) is 11.6. The number of fused-ring (bicyclic) bond motifs is 1. The lowest BCUT2D eigenvalue weighted by atomic mass is 9.89. The number of carboxylic acid groups (broad SMARTS) is 1. The molecule has 1 aliphatic carbocycles. The number of nitriles is 1. The van der Waals surface area contributed by atoms with Gasteiger partial charge in [-0.15, -0.1) is 0 Å². The first-order valence-corrected chi connectivity index (χ1v) is 9.17. The molecule has 1 N–H and O–H groups in total. The Labute approximate surface area is 145 Å². The molecule has 1 saturated heterocycles. The Morgan fingerprint density at radius 1 is 1.33 bits per heavy atom. The van der Waals surface area contributed by atoms with Crippen LogP contribution in [0.4, 0.5) is 5.82 Å². The van der Waals surface area contributed by atoms with Crippen molar-refractivity contribution in [2.24, 2.45) is 0 Å². The molecule has 24 heavy (non-hydrogen) atoms. The first-order valence-electron chi connectivity index (χ1n) is 8.29. The van der Waals surface area contributed by atoms with Crippen molar-refractivity contribution < 1.29 is 14.6 Å². The molecule has 7 heteroatoms. The van der Waals surface area contributed by atoms with E-state index < -0.39 is 11.2 Å². The normalized spacial score (nSPS) is 18.6. The summed E-state index contributed by atoms with van der Waals surface area (Å²) >= 11 is 1.16. The van der Waals surface area contributed by atoms with Crippen molar-refractivity contribution in [3.8, 4) is 6.07 Å². The zero-order valence-corrected chi connectivity index (χ0v) is 14.6. The Kier molecular flexibility index (Phi) is 5.27. The molecule has 0 spiro atoms. The van der Waals surface area contributed by atoms with Crippen LogP contribution in [0.1, 0.15) is 36.5 Å². The zero-order chi connectivity index (χ0) is 17.1.